The lowest BCUT2D eigenvalue weighted by molar-refractivity contribution is -0.128. The van der Waals surface area contributed by atoms with Gasteiger partial charge in [0.15, 0.2) is 0 Å². The number of aryl methyl sites for hydroxylation is 1. The maximum Gasteiger partial charge on any atom is 0.228 e. The van der Waals surface area contributed by atoms with Gasteiger partial charge in [-0.2, -0.15) is 0 Å². The fourth-order valence-corrected chi connectivity index (χ4v) is 2.41. The summed E-state index contributed by atoms with van der Waals surface area (Å²) in [6, 6.07) is 15.0. The third-order valence-corrected chi connectivity index (χ3v) is 3.86. The summed E-state index contributed by atoms with van der Waals surface area (Å²) in [5.41, 5.74) is 2.69. The predicted molar refractivity (Wildman–Crippen MR) is 98.8 cm³/mol. The zero-order valence-corrected chi connectivity index (χ0v) is 14.9. The van der Waals surface area contributed by atoms with Gasteiger partial charge in [0.25, 0.3) is 0 Å². The molecule has 1 N–H and O–H groups in total. The van der Waals surface area contributed by atoms with Crippen molar-refractivity contribution in [3.8, 4) is 5.75 Å². The van der Waals surface area contributed by atoms with E-state index in [4.69, 9.17) is 4.74 Å². The molecule has 0 aromatic heterocycles. The summed E-state index contributed by atoms with van der Waals surface area (Å²) in [5, 5.41) is 2.90. The molecule has 2 aromatic rings. The van der Waals surface area contributed by atoms with Crippen LogP contribution in [-0.2, 0) is 22.4 Å². The molecule has 0 radical (unpaired) electrons. The van der Waals surface area contributed by atoms with E-state index >= 15 is 0 Å². The third-order valence-electron chi connectivity index (χ3n) is 3.86. The van der Waals surface area contributed by atoms with Gasteiger partial charge in [-0.25, -0.2) is 0 Å². The Morgan fingerprint density at radius 2 is 1.76 bits per heavy atom. The molecule has 0 unspecified atom stereocenters. The number of nitrogens with zero attached hydrogens (tertiary/aromatic N) is 1. The van der Waals surface area contributed by atoms with Crippen molar-refractivity contribution in [2.24, 2.45) is 0 Å². The van der Waals surface area contributed by atoms with Crippen LogP contribution in [0.2, 0.25) is 0 Å². The molecule has 0 bridgehead atoms. The topological polar surface area (TPSA) is 58.6 Å². The van der Waals surface area contributed by atoms with Crippen molar-refractivity contribution in [3.63, 3.8) is 0 Å². The summed E-state index contributed by atoms with van der Waals surface area (Å²) in [6.45, 7) is 0. The molecule has 0 aliphatic rings. The Hall–Kier alpha value is -2.82. The van der Waals surface area contributed by atoms with Crippen molar-refractivity contribution in [1.82, 2.24) is 4.90 Å². The lowest BCUT2D eigenvalue weighted by atomic mass is 10.1. The van der Waals surface area contributed by atoms with Crippen molar-refractivity contribution >= 4 is 17.5 Å². The predicted octanol–water partition coefficient (Wildman–Crippen LogP) is 2.90. The van der Waals surface area contributed by atoms with Crippen LogP contribution in [0.5, 0.6) is 5.75 Å². The van der Waals surface area contributed by atoms with Gasteiger partial charge in [-0.15, -0.1) is 0 Å². The smallest absolute Gasteiger partial charge is 0.228 e. The molecule has 5 nitrogen and oxygen atoms in total. The highest BCUT2D eigenvalue weighted by molar-refractivity contribution is 5.92. The molecule has 5 heteroatoms. The summed E-state index contributed by atoms with van der Waals surface area (Å²) in [6.07, 6.45) is 1.41. The van der Waals surface area contributed by atoms with Crippen LogP contribution >= 0.6 is 0 Å². The molecule has 0 atom stereocenters. The average Bonchev–Trinajstić information content (AvgIpc) is 2.60. The van der Waals surface area contributed by atoms with E-state index in [2.05, 4.69) is 5.32 Å². The van der Waals surface area contributed by atoms with Crippen LogP contribution in [0, 0.1) is 0 Å². The Balaban J connectivity index is 1.91. The molecular formula is C20H24N2O3. The number of ether oxygens (including phenoxy) is 1. The van der Waals surface area contributed by atoms with Gasteiger partial charge in [0.1, 0.15) is 5.75 Å². The summed E-state index contributed by atoms with van der Waals surface area (Å²) < 4.78 is 5.11. The van der Waals surface area contributed by atoms with E-state index in [1.165, 1.54) is 0 Å². The van der Waals surface area contributed by atoms with Gasteiger partial charge < -0.3 is 15.0 Å². The molecule has 0 heterocycles. The highest BCUT2D eigenvalue weighted by atomic mass is 16.5. The minimum atomic E-state index is -0.0771. The average molecular weight is 340 g/mol. The van der Waals surface area contributed by atoms with Gasteiger partial charge in [0.05, 0.1) is 13.5 Å². The standard InChI is InChI=1S/C20H24N2O3/c1-22(2)20(24)12-9-15-5-4-6-17(13-15)21-19(23)14-16-7-10-18(25-3)11-8-16/h4-8,10-11,13H,9,12,14H2,1-3H3,(H,21,23). The number of amides is 2. The third kappa shape index (κ3) is 5.95. The zero-order chi connectivity index (χ0) is 18.2. The van der Waals surface area contributed by atoms with Crippen molar-refractivity contribution in [2.45, 2.75) is 19.3 Å². The Morgan fingerprint density at radius 3 is 2.40 bits per heavy atom. The van der Waals surface area contributed by atoms with E-state index in [0.717, 1.165) is 22.6 Å². The van der Waals surface area contributed by atoms with Crippen molar-refractivity contribution in [3.05, 3.63) is 59.7 Å². The summed E-state index contributed by atoms with van der Waals surface area (Å²) in [4.78, 5) is 25.5. The SMILES string of the molecule is COc1ccc(CC(=O)Nc2cccc(CCC(=O)N(C)C)c2)cc1. The number of rotatable bonds is 7. The zero-order valence-electron chi connectivity index (χ0n) is 14.9. The van der Waals surface area contributed by atoms with Crippen molar-refractivity contribution < 1.29 is 14.3 Å². The number of anilines is 1. The molecule has 132 valence electrons. The van der Waals surface area contributed by atoms with Gasteiger partial charge in [-0.3, -0.25) is 9.59 Å². The van der Waals surface area contributed by atoms with E-state index in [0.29, 0.717) is 19.3 Å². The lowest BCUT2D eigenvalue weighted by Gasteiger charge is -2.11. The number of benzene rings is 2. The first-order valence-electron chi connectivity index (χ1n) is 8.20. The minimum absolute atomic E-state index is 0.0771. The molecule has 0 saturated carbocycles. The van der Waals surface area contributed by atoms with Crippen LogP contribution in [0.15, 0.2) is 48.5 Å². The fraction of sp³-hybridized carbons (Fsp3) is 0.300. The molecule has 0 aliphatic carbocycles. The Morgan fingerprint density at radius 1 is 1.04 bits per heavy atom. The first-order chi connectivity index (χ1) is 12.0. The van der Waals surface area contributed by atoms with Crippen LogP contribution in [0.4, 0.5) is 5.69 Å². The number of nitrogens with one attached hydrogen (secondary N) is 1. The van der Waals surface area contributed by atoms with E-state index in [-0.39, 0.29) is 11.8 Å². The van der Waals surface area contributed by atoms with E-state index in [1.807, 2.05) is 48.5 Å². The molecule has 2 aromatic carbocycles. The molecule has 0 saturated heterocycles. The second-order valence-electron chi connectivity index (χ2n) is 6.06. The molecule has 0 spiro atoms. The van der Waals surface area contributed by atoms with Gasteiger partial charge >= 0.3 is 0 Å². The second kappa shape index (κ2) is 8.87. The van der Waals surface area contributed by atoms with Crippen molar-refractivity contribution in [1.29, 1.82) is 0 Å². The Kier molecular flexibility index (Phi) is 6.57. The first kappa shape index (κ1) is 18.5. The lowest BCUT2D eigenvalue weighted by Crippen LogP contribution is -2.21. The highest BCUT2D eigenvalue weighted by Crippen LogP contribution is 2.15. The second-order valence-corrected chi connectivity index (χ2v) is 6.06. The summed E-state index contributed by atoms with van der Waals surface area (Å²) in [5.74, 6) is 0.782. The molecule has 2 rings (SSSR count). The van der Waals surface area contributed by atoms with Crippen LogP contribution in [0.1, 0.15) is 17.5 Å². The van der Waals surface area contributed by atoms with E-state index < -0.39 is 0 Å². The minimum Gasteiger partial charge on any atom is -0.497 e. The van der Waals surface area contributed by atoms with Crippen LogP contribution < -0.4 is 10.1 Å². The Labute approximate surface area is 148 Å². The van der Waals surface area contributed by atoms with Gasteiger partial charge in [0, 0.05) is 26.2 Å². The highest BCUT2D eigenvalue weighted by Gasteiger charge is 2.07. The maximum absolute atomic E-state index is 12.2. The number of carbonyl (C=O) groups is 2. The number of hydrogen-bond donors (Lipinski definition) is 1. The van der Waals surface area contributed by atoms with E-state index in [9.17, 15) is 9.59 Å². The molecule has 0 fully saturated rings. The van der Waals surface area contributed by atoms with E-state index in [1.54, 1.807) is 26.1 Å². The Bertz CT molecular complexity index is 724. The van der Waals surface area contributed by atoms with Gasteiger partial charge in [-0.05, 0) is 41.8 Å². The number of methoxy groups -OCH3 is 1. The largest absolute Gasteiger partial charge is 0.497 e. The first-order valence-corrected chi connectivity index (χ1v) is 8.20. The summed E-state index contributed by atoms with van der Waals surface area (Å²) in [7, 11) is 5.11. The normalized spacial score (nSPS) is 10.2. The maximum atomic E-state index is 12.2. The fourth-order valence-electron chi connectivity index (χ4n) is 2.41. The summed E-state index contributed by atoms with van der Waals surface area (Å²) >= 11 is 0. The molecular weight excluding hydrogens is 316 g/mol. The van der Waals surface area contributed by atoms with Crippen LogP contribution in [0.3, 0.4) is 0 Å². The van der Waals surface area contributed by atoms with Crippen LogP contribution in [0.25, 0.3) is 0 Å². The number of hydrogen-bond acceptors (Lipinski definition) is 3. The van der Waals surface area contributed by atoms with Crippen LogP contribution in [-0.4, -0.2) is 37.9 Å². The molecule has 25 heavy (non-hydrogen) atoms. The van der Waals surface area contributed by atoms with Gasteiger partial charge in [0.2, 0.25) is 11.8 Å². The van der Waals surface area contributed by atoms with Crippen molar-refractivity contribution in [2.75, 3.05) is 26.5 Å². The molecule has 0 aliphatic heterocycles. The quantitative estimate of drug-likeness (QED) is 0.843. The molecule has 2 amide bonds. The van der Waals surface area contributed by atoms with Gasteiger partial charge in [-0.1, -0.05) is 24.3 Å². The number of carbonyl (C=O) groups excluding carboxylic acids is 2. The monoisotopic (exact) mass is 340 g/mol.